The number of hydrogen-bond acceptors (Lipinski definition) is 6. The molecule has 1 aromatic rings. The van der Waals surface area contributed by atoms with Crippen LogP contribution in [0.3, 0.4) is 0 Å². The number of aliphatic carboxylic acids is 1. The molecule has 0 radical (unpaired) electrons. The van der Waals surface area contributed by atoms with Crippen molar-refractivity contribution in [3.63, 3.8) is 0 Å². The van der Waals surface area contributed by atoms with E-state index in [4.69, 9.17) is 4.74 Å². The minimum Gasteiger partial charge on any atom is -0.481 e. The maximum atomic E-state index is 12.6. The molecule has 0 spiro atoms. The molecule has 1 aromatic carbocycles. The highest BCUT2D eigenvalue weighted by Gasteiger charge is 2.39. The van der Waals surface area contributed by atoms with Gasteiger partial charge in [0.1, 0.15) is 18.0 Å². The van der Waals surface area contributed by atoms with Crippen LogP contribution in [0.1, 0.15) is 19.4 Å². The van der Waals surface area contributed by atoms with Gasteiger partial charge in [-0.1, -0.05) is 30.3 Å². The number of rotatable bonds is 10. The Hall–Kier alpha value is -1.93. The molecule has 1 unspecified atom stereocenters. The van der Waals surface area contributed by atoms with Gasteiger partial charge < -0.3 is 14.6 Å². The second-order valence-corrected chi connectivity index (χ2v) is 9.03. The van der Waals surface area contributed by atoms with Crippen LogP contribution in [0.5, 0.6) is 0 Å². The molecular weight excluding hydrogens is 348 g/mol. The first-order valence-corrected chi connectivity index (χ1v) is 9.38. The van der Waals surface area contributed by atoms with Gasteiger partial charge in [-0.2, -0.15) is 0 Å². The van der Waals surface area contributed by atoms with Crippen LogP contribution in [-0.4, -0.2) is 56.3 Å². The lowest BCUT2D eigenvalue weighted by Crippen LogP contribution is -2.42. The van der Waals surface area contributed by atoms with E-state index < -0.39 is 38.2 Å². The third-order valence-electron chi connectivity index (χ3n) is 3.78. The topological polar surface area (TPSA) is 107 Å². The molecule has 1 atom stereocenters. The monoisotopic (exact) mass is 372 g/mol. The lowest BCUT2D eigenvalue weighted by Gasteiger charge is -2.26. The minimum absolute atomic E-state index is 0.106. The van der Waals surface area contributed by atoms with Gasteiger partial charge >= 0.3 is 11.9 Å². The third-order valence-corrected chi connectivity index (χ3v) is 6.42. The Morgan fingerprint density at radius 1 is 1.20 bits per heavy atom. The van der Waals surface area contributed by atoms with E-state index >= 15 is 0 Å². The Morgan fingerprint density at radius 3 is 2.32 bits per heavy atom. The van der Waals surface area contributed by atoms with Crippen LogP contribution in [0.25, 0.3) is 0 Å². The molecule has 8 heteroatoms. The summed E-state index contributed by atoms with van der Waals surface area (Å²) in [7, 11) is -2.51. The molecule has 0 aliphatic carbocycles. The van der Waals surface area contributed by atoms with Crippen molar-refractivity contribution >= 4 is 21.8 Å². The van der Waals surface area contributed by atoms with Crippen LogP contribution in [0.2, 0.25) is 0 Å². The van der Waals surface area contributed by atoms with Crippen molar-refractivity contribution in [1.29, 1.82) is 0 Å². The molecule has 0 saturated carbocycles. The van der Waals surface area contributed by atoms with E-state index in [1.54, 1.807) is 30.3 Å². The van der Waals surface area contributed by atoms with E-state index in [9.17, 15) is 23.1 Å². The molecule has 7 nitrogen and oxygen atoms in total. The molecule has 1 N–H and O–H groups in total. The zero-order valence-electron chi connectivity index (χ0n) is 14.6. The maximum absolute atomic E-state index is 12.6. The molecule has 0 aliphatic rings. The summed E-state index contributed by atoms with van der Waals surface area (Å²) in [5, 5.41) is 9.39. The SMILES string of the molecule is COCC(=O)OCC(C)(C)S(=O)(=O)CC(Cc1ccccc1)C(=O)O. The molecule has 0 saturated heterocycles. The van der Waals surface area contributed by atoms with Crippen LogP contribution in [0.15, 0.2) is 30.3 Å². The molecule has 0 fully saturated rings. The summed E-state index contributed by atoms with van der Waals surface area (Å²) in [5.41, 5.74) is 0.745. The fourth-order valence-corrected chi connectivity index (χ4v) is 3.59. The fourth-order valence-electron chi connectivity index (χ4n) is 2.11. The fraction of sp³-hybridized carbons (Fsp3) is 0.529. The molecule has 0 aliphatic heterocycles. The molecule has 0 heterocycles. The number of benzene rings is 1. The molecule has 0 bridgehead atoms. The van der Waals surface area contributed by atoms with E-state index in [0.717, 1.165) is 5.56 Å². The molecule has 0 aromatic heterocycles. The summed E-state index contributed by atoms with van der Waals surface area (Å²) < 4.78 is 33.4. The Morgan fingerprint density at radius 2 is 1.80 bits per heavy atom. The predicted octanol–water partition coefficient (Wildman–Crippen LogP) is 1.31. The standard InChI is InChI=1S/C17H24O7S/c1-17(2,12-24-15(18)10-23-3)25(21,22)11-14(16(19)20)9-13-7-5-4-6-8-13/h4-8,14H,9-12H2,1-3H3,(H,19,20). The average molecular weight is 372 g/mol. The highest BCUT2D eigenvalue weighted by atomic mass is 32.2. The maximum Gasteiger partial charge on any atom is 0.332 e. The Kier molecular flexibility index (Phi) is 7.57. The lowest BCUT2D eigenvalue weighted by atomic mass is 10.0. The van der Waals surface area contributed by atoms with Gasteiger partial charge in [-0.25, -0.2) is 13.2 Å². The van der Waals surface area contributed by atoms with Crippen molar-refractivity contribution in [2.24, 2.45) is 5.92 Å². The average Bonchev–Trinajstić information content (AvgIpc) is 2.53. The summed E-state index contributed by atoms with van der Waals surface area (Å²) in [6, 6.07) is 8.83. The summed E-state index contributed by atoms with van der Waals surface area (Å²) in [6.07, 6.45) is 0.106. The van der Waals surface area contributed by atoms with Gasteiger partial charge in [0.2, 0.25) is 0 Å². The minimum atomic E-state index is -3.83. The van der Waals surface area contributed by atoms with Crippen LogP contribution in [-0.2, 0) is 35.3 Å². The Balaban J connectivity index is 2.83. The van der Waals surface area contributed by atoms with Crippen molar-refractivity contribution in [3.8, 4) is 0 Å². The number of esters is 1. The van der Waals surface area contributed by atoms with Gasteiger partial charge in [0.05, 0.1) is 11.7 Å². The normalized spacial score (nSPS) is 13.2. The van der Waals surface area contributed by atoms with Crippen LogP contribution in [0.4, 0.5) is 0 Å². The Bertz CT molecular complexity index is 680. The highest BCUT2D eigenvalue weighted by molar-refractivity contribution is 7.92. The predicted molar refractivity (Wildman–Crippen MR) is 92.0 cm³/mol. The van der Waals surface area contributed by atoms with Crippen molar-refractivity contribution in [3.05, 3.63) is 35.9 Å². The van der Waals surface area contributed by atoms with Gasteiger partial charge in [0, 0.05) is 7.11 Å². The van der Waals surface area contributed by atoms with Crippen molar-refractivity contribution < 1.29 is 32.6 Å². The molecule has 0 amide bonds. The number of carbonyl (C=O) groups is 2. The second kappa shape index (κ2) is 8.96. The summed E-state index contributed by atoms with van der Waals surface area (Å²) in [5.74, 6) is -3.47. The van der Waals surface area contributed by atoms with Gasteiger partial charge in [-0.05, 0) is 25.8 Å². The van der Waals surface area contributed by atoms with Crippen molar-refractivity contribution in [2.45, 2.75) is 25.0 Å². The smallest absolute Gasteiger partial charge is 0.332 e. The van der Waals surface area contributed by atoms with Gasteiger partial charge in [0.25, 0.3) is 0 Å². The first kappa shape index (κ1) is 21.1. The quantitative estimate of drug-likeness (QED) is 0.617. The van der Waals surface area contributed by atoms with Gasteiger partial charge in [-0.15, -0.1) is 0 Å². The number of ether oxygens (including phenoxy) is 2. The van der Waals surface area contributed by atoms with Gasteiger partial charge in [-0.3, -0.25) is 4.79 Å². The second-order valence-electron chi connectivity index (χ2n) is 6.36. The molecular formula is C17H24O7S. The molecule has 25 heavy (non-hydrogen) atoms. The zero-order chi connectivity index (χ0) is 19.1. The first-order valence-electron chi connectivity index (χ1n) is 7.72. The lowest BCUT2D eigenvalue weighted by molar-refractivity contribution is -0.148. The van der Waals surface area contributed by atoms with Crippen LogP contribution in [0, 0.1) is 5.92 Å². The van der Waals surface area contributed by atoms with Crippen LogP contribution >= 0.6 is 0 Å². The summed E-state index contributed by atoms with van der Waals surface area (Å²) in [6.45, 7) is 2.17. The van der Waals surface area contributed by atoms with Gasteiger partial charge in [0.15, 0.2) is 9.84 Å². The number of methoxy groups -OCH3 is 1. The zero-order valence-corrected chi connectivity index (χ0v) is 15.4. The number of sulfone groups is 1. The number of carboxylic acids is 1. The third kappa shape index (κ3) is 6.47. The molecule has 1 rings (SSSR count). The van der Waals surface area contributed by atoms with E-state index in [1.165, 1.54) is 21.0 Å². The van der Waals surface area contributed by atoms with E-state index in [2.05, 4.69) is 4.74 Å². The number of hydrogen-bond donors (Lipinski definition) is 1. The number of carbonyl (C=O) groups excluding carboxylic acids is 1. The molecule has 140 valence electrons. The first-order chi connectivity index (χ1) is 11.6. The Labute approximate surface area is 147 Å². The van der Waals surface area contributed by atoms with E-state index in [0.29, 0.717) is 0 Å². The summed E-state index contributed by atoms with van der Waals surface area (Å²) in [4.78, 5) is 22.8. The largest absolute Gasteiger partial charge is 0.481 e. The van der Waals surface area contributed by atoms with E-state index in [-0.39, 0.29) is 19.6 Å². The summed E-state index contributed by atoms with van der Waals surface area (Å²) >= 11 is 0. The van der Waals surface area contributed by atoms with Crippen molar-refractivity contribution in [1.82, 2.24) is 0 Å². The number of carboxylic acid groups (broad SMARTS) is 1. The highest BCUT2D eigenvalue weighted by Crippen LogP contribution is 2.22. The van der Waals surface area contributed by atoms with Crippen molar-refractivity contribution in [2.75, 3.05) is 26.1 Å². The van der Waals surface area contributed by atoms with E-state index in [1.807, 2.05) is 0 Å². The van der Waals surface area contributed by atoms with Crippen LogP contribution < -0.4 is 0 Å².